The number of hydrogen-bond donors (Lipinski definition) is 0. The van der Waals surface area contributed by atoms with Gasteiger partial charge in [0.25, 0.3) is 0 Å². The van der Waals surface area contributed by atoms with Crippen molar-refractivity contribution < 1.29 is 4.39 Å². The van der Waals surface area contributed by atoms with Gasteiger partial charge in [0.15, 0.2) is 0 Å². The summed E-state index contributed by atoms with van der Waals surface area (Å²) in [5.41, 5.74) is 4.49. The molecule has 0 saturated carbocycles. The van der Waals surface area contributed by atoms with Gasteiger partial charge in [-0.2, -0.15) is 5.10 Å². The Balaban J connectivity index is 1.71. The van der Waals surface area contributed by atoms with Crippen molar-refractivity contribution in [2.45, 2.75) is 46.8 Å². The summed E-state index contributed by atoms with van der Waals surface area (Å²) < 4.78 is 17.9. The monoisotopic (exact) mass is 452 g/mol. The minimum Gasteiger partial charge on any atom is -0.354 e. The lowest BCUT2D eigenvalue weighted by molar-refractivity contribution is 0.199. The second-order valence-corrected chi connectivity index (χ2v) is 9.31. The Morgan fingerprint density at radius 1 is 1.03 bits per heavy atom. The fourth-order valence-corrected chi connectivity index (χ4v) is 4.59. The van der Waals surface area contributed by atoms with E-state index in [1.807, 2.05) is 16.8 Å². The van der Waals surface area contributed by atoms with Crippen LogP contribution in [-0.4, -0.2) is 62.9 Å². The lowest BCUT2D eigenvalue weighted by Gasteiger charge is -2.36. The van der Waals surface area contributed by atoms with Gasteiger partial charge in [-0.05, 0) is 63.7 Å². The molecule has 3 heterocycles. The van der Waals surface area contributed by atoms with Gasteiger partial charge in [0.2, 0.25) is 0 Å². The van der Waals surface area contributed by atoms with Crippen molar-refractivity contribution in [3.8, 4) is 5.69 Å². The number of piperazine rings is 1. The molecule has 0 radical (unpaired) electrons. The molecule has 1 fully saturated rings. The molecule has 0 amide bonds. The van der Waals surface area contributed by atoms with Crippen molar-refractivity contribution in [3.05, 3.63) is 65.4 Å². The number of likely N-dealkylation sites (N-methyl/N-ethyl adjacent to an activating group) is 1. The van der Waals surface area contributed by atoms with E-state index in [-0.39, 0.29) is 5.82 Å². The summed E-state index contributed by atoms with van der Waals surface area (Å²) in [5, 5.41) is 4.96. The third kappa shape index (κ3) is 5.14. The highest BCUT2D eigenvalue weighted by atomic mass is 19.1. The second kappa shape index (κ2) is 10.1. The minimum absolute atomic E-state index is 0.227. The number of aromatic nitrogens is 3. The molecule has 2 aromatic heterocycles. The van der Waals surface area contributed by atoms with E-state index in [0.29, 0.717) is 6.04 Å². The molecule has 178 valence electrons. The molecule has 0 aliphatic carbocycles. The van der Waals surface area contributed by atoms with Crippen LogP contribution in [0.3, 0.4) is 0 Å². The van der Waals surface area contributed by atoms with E-state index >= 15 is 0 Å². The summed E-state index contributed by atoms with van der Waals surface area (Å²) in [7, 11) is 2.10. The Kier molecular flexibility index (Phi) is 7.20. The predicted octanol–water partition coefficient (Wildman–Crippen LogP) is 4.21. The highest BCUT2D eigenvalue weighted by Crippen LogP contribution is 2.30. The summed E-state index contributed by atoms with van der Waals surface area (Å²) in [5.74, 6) is 0.918. The quantitative estimate of drug-likeness (QED) is 0.513. The summed E-state index contributed by atoms with van der Waals surface area (Å²) in [4.78, 5) is 7.45. The molecular formula is C26H37FN6. The minimum atomic E-state index is -0.227. The van der Waals surface area contributed by atoms with Crippen LogP contribution in [0.15, 0.2) is 42.6 Å². The lowest BCUT2D eigenvalue weighted by Crippen LogP contribution is -2.47. The Bertz CT molecular complexity index is 1040. The molecule has 6 nitrogen and oxygen atoms in total. The normalized spacial score (nSPS) is 15.2. The zero-order valence-corrected chi connectivity index (χ0v) is 20.6. The van der Waals surface area contributed by atoms with Crippen LogP contribution in [-0.2, 0) is 20.1 Å². The van der Waals surface area contributed by atoms with E-state index < -0.39 is 0 Å². The van der Waals surface area contributed by atoms with Crippen LogP contribution in [0.5, 0.6) is 0 Å². The molecule has 1 aromatic carbocycles. The molecule has 0 atom stereocenters. The van der Waals surface area contributed by atoms with Crippen LogP contribution in [0.2, 0.25) is 0 Å². The largest absolute Gasteiger partial charge is 0.354 e. The van der Waals surface area contributed by atoms with Crippen LogP contribution in [0.1, 0.15) is 37.7 Å². The fourth-order valence-electron chi connectivity index (χ4n) is 4.59. The molecule has 1 aliphatic heterocycles. The van der Waals surface area contributed by atoms with E-state index in [4.69, 9.17) is 5.10 Å². The zero-order valence-electron chi connectivity index (χ0n) is 20.6. The highest BCUT2D eigenvalue weighted by molar-refractivity contribution is 5.56. The van der Waals surface area contributed by atoms with Crippen molar-refractivity contribution in [2.75, 3.05) is 37.6 Å². The number of rotatable bonds is 8. The SMILES string of the molecule is CCN1CCN(c2c(CN(Cc3cccn3C)C(C)C)c(C)nn2-c2ccc(F)cc2)CC1. The van der Waals surface area contributed by atoms with E-state index in [1.165, 1.54) is 23.4 Å². The molecule has 7 heteroatoms. The van der Waals surface area contributed by atoms with Gasteiger partial charge in [0, 0.05) is 69.8 Å². The molecule has 0 spiro atoms. The Hall–Kier alpha value is -2.64. The maximum Gasteiger partial charge on any atom is 0.137 e. The zero-order chi connectivity index (χ0) is 23.5. The number of hydrogen-bond acceptors (Lipinski definition) is 4. The molecule has 1 aliphatic rings. The number of aryl methyl sites for hydroxylation is 2. The average molecular weight is 453 g/mol. The number of anilines is 1. The summed E-state index contributed by atoms with van der Waals surface area (Å²) in [6.07, 6.45) is 2.10. The average Bonchev–Trinajstić information content (AvgIpc) is 3.36. The smallest absolute Gasteiger partial charge is 0.137 e. The first kappa shape index (κ1) is 23.5. The first-order valence-electron chi connectivity index (χ1n) is 12.0. The predicted molar refractivity (Wildman–Crippen MR) is 132 cm³/mol. The van der Waals surface area contributed by atoms with Crippen molar-refractivity contribution >= 4 is 5.82 Å². The van der Waals surface area contributed by atoms with E-state index in [0.717, 1.165) is 63.0 Å². The van der Waals surface area contributed by atoms with Gasteiger partial charge in [-0.1, -0.05) is 6.92 Å². The maximum absolute atomic E-state index is 13.6. The topological polar surface area (TPSA) is 32.5 Å². The molecular weight excluding hydrogens is 415 g/mol. The lowest BCUT2D eigenvalue weighted by atomic mass is 10.1. The van der Waals surface area contributed by atoms with Crippen LogP contribution in [0.25, 0.3) is 5.69 Å². The van der Waals surface area contributed by atoms with E-state index in [1.54, 1.807) is 0 Å². The molecule has 3 aromatic rings. The summed E-state index contributed by atoms with van der Waals surface area (Å²) in [6, 6.07) is 11.3. The number of nitrogens with zero attached hydrogens (tertiary/aromatic N) is 6. The van der Waals surface area contributed by atoms with E-state index in [2.05, 4.69) is 72.3 Å². The fraction of sp³-hybridized carbons (Fsp3) is 0.500. The van der Waals surface area contributed by atoms with Gasteiger partial charge in [0.1, 0.15) is 11.6 Å². The number of halogens is 1. The van der Waals surface area contributed by atoms with Crippen molar-refractivity contribution in [1.82, 2.24) is 24.1 Å². The van der Waals surface area contributed by atoms with Crippen LogP contribution in [0, 0.1) is 12.7 Å². The van der Waals surface area contributed by atoms with Crippen LogP contribution < -0.4 is 4.90 Å². The Morgan fingerprint density at radius 2 is 1.73 bits per heavy atom. The molecule has 0 bridgehead atoms. The van der Waals surface area contributed by atoms with Crippen molar-refractivity contribution in [1.29, 1.82) is 0 Å². The van der Waals surface area contributed by atoms with Crippen LogP contribution in [0.4, 0.5) is 10.2 Å². The van der Waals surface area contributed by atoms with Gasteiger partial charge in [0.05, 0.1) is 11.4 Å². The third-order valence-corrected chi connectivity index (χ3v) is 6.86. The molecule has 0 unspecified atom stereocenters. The Labute approximate surface area is 197 Å². The molecule has 0 N–H and O–H groups in total. The Morgan fingerprint density at radius 3 is 2.30 bits per heavy atom. The van der Waals surface area contributed by atoms with Crippen LogP contribution >= 0.6 is 0 Å². The van der Waals surface area contributed by atoms with Gasteiger partial charge in [-0.25, -0.2) is 9.07 Å². The summed E-state index contributed by atoms with van der Waals surface area (Å²) >= 11 is 0. The van der Waals surface area contributed by atoms with Gasteiger partial charge < -0.3 is 14.4 Å². The summed E-state index contributed by atoms with van der Waals surface area (Å²) in [6.45, 7) is 15.6. The van der Waals surface area contributed by atoms with E-state index in [9.17, 15) is 4.39 Å². The highest BCUT2D eigenvalue weighted by Gasteiger charge is 2.27. The van der Waals surface area contributed by atoms with Gasteiger partial charge in [-0.3, -0.25) is 4.90 Å². The first-order valence-corrected chi connectivity index (χ1v) is 12.0. The van der Waals surface area contributed by atoms with Crippen molar-refractivity contribution in [3.63, 3.8) is 0 Å². The standard InChI is InChI=1S/C26H37FN6/c1-6-30-14-16-31(17-15-30)26-25(19-32(20(2)3)18-24-8-7-13-29(24)5)21(4)28-33(26)23-11-9-22(27)10-12-23/h7-13,20H,6,14-19H2,1-5H3. The third-order valence-electron chi connectivity index (χ3n) is 6.86. The first-order chi connectivity index (χ1) is 15.9. The van der Waals surface area contributed by atoms with Gasteiger partial charge in [-0.15, -0.1) is 0 Å². The second-order valence-electron chi connectivity index (χ2n) is 9.31. The molecule has 33 heavy (non-hydrogen) atoms. The maximum atomic E-state index is 13.6. The molecule has 1 saturated heterocycles. The number of benzene rings is 1. The van der Waals surface area contributed by atoms with Gasteiger partial charge >= 0.3 is 0 Å². The van der Waals surface area contributed by atoms with Crippen molar-refractivity contribution in [2.24, 2.45) is 7.05 Å². The molecule has 4 rings (SSSR count).